The van der Waals surface area contributed by atoms with Crippen LogP contribution in [0.25, 0.3) is 0 Å². The number of rotatable bonds is 6. The van der Waals surface area contributed by atoms with Crippen molar-refractivity contribution in [1.82, 2.24) is 4.90 Å². The molecule has 1 aliphatic heterocycles. The van der Waals surface area contributed by atoms with Gasteiger partial charge >= 0.3 is 0 Å². The van der Waals surface area contributed by atoms with Gasteiger partial charge in [0.25, 0.3) is 0 Å². The Morgan fingerprint density at radius 2 is 1.95 bits per heavy atom. The summed E-state index contributed by atoms with van der Waals surface area (Å²) in [6, 6.07) is 10.5. The Morgan fingerprint density at radius 3 is 2.63 bits per heavy atom. The van der Waals surface area contributed by atoms with Crippen LogP contribution in [-0.4, -0.2) is 17.4 Å². The predicted octanol–water partition coefficient (Wildman–Crippen LogP) is 3.93. The van der Waals surface area contributed by atoms with E-state index in [1.807, 2.05) is 11.0 Å². The molecule has 0 aromatic heterocycles. The van der Waals surface area contributed by atoms with E-state index in [2.05, 4.69) is 30.8 Å². The summed E-state index contributed by atoms with van der Waals surface area (Å²) in [5, 5.41) is 0. The Balaban J connectivity index is 1.59. The van der Waals surface area contributed by atoms with Crippen molar-refractivity contribution < 1.29 is 4.79 Å². The minimum absolute atomic E-state index is 0.266. The lowest BCUT2D eigenvalue weighted by Gasteiger charge is -2.16. The van der Waals surface area contributed by atoms with Gasteiger partial charge in [-0.1, -0.05) is 43.3 Å². The highest BCUT2D eigenvalue weighted by molar-refractivity contribution is 5.78. The van der Waals surface area contributed by atoms with Crippen LogP contribution >= 0.6 is 0 Å². The van der Waals surface area contributed by atoms with Gasteiger partial charge in [-0.3, -0.25) is 4.79 Å². The maximum absolute atomic E-state index is 12.0. The van der Waals surface area contributed by atoms with Crippen LogP contribution in [0.3, 0.4) is 0 Å². The molecule has 0 N–H and O–H groups in total. The second-order valence-electron chi connectivity index (χ2n) is 5.26. The van der Waals surface area contributed by atoms with Crippen molar-refractivity contribution >= 4 is 5.91 Å². The highest BCUT2D eigenvalue weighted by atomic mass is 16.2. The van der Waals surface area contributed by atoms with E-state index in [0.717, 1.165) is 50.8 Å². The van der Waals surface area contributed by atoms with Gasteiger partial charge in [-0.25, -0.2) is 0 Å². The van der Waals surface area contributed by atoms with Crippen LogP contribution in [0.5, 0.6) is 0 Å². The molecule has 2 rings (SSSR count). The summed E-state index contributed by atoms with van der Waals surface area (Å²) in [5.41, 5.74) is 2.40. The first-order valence-electron chi connectivity index (χ1n) is 7.29. The summed E-state index contributed by atoms with van der Waals surface area (Å²) < 4.78 is 0. The van der Waals surface area contributed by atoms with Gasteiger partial charge < -0.3 is 4.90 Å². The first kappa shape index (κ1) is 13.9. The SMILES string of the molecule is C=C1CCCN1C(=O)CCCCCc1ccccc1. The van der Waals surface area contributed by atoms with E-state index in [4.69, 9.17) is 0 Å². The molecule has 1 saturated heterocycles. The number of nitrogens with zero attached hydrogens (tertiary/aromatic N) is 1. The first-order valence-corrected chi connectivity index (χ1v) is 7.29. The maximum atomic E-state index is 12.0. The van der Waals surface area contributed by atoms with Crippen molar-refractivity contribution in [2.45, 2.75) is 44.9 Å². The molecule has 0 radical (unpaired) electrons. The molecule has 102 valence electrons. The van der Waals surface area contributed by atoms with Crippen LogP contribution in [0.4, 0.5) is 0 Å². The van der Waals surface area contributed by atoms with Gasteiger partial charge in [0.2, 0.25) is 5.91 Å². The number of hydrogen-bond donors (Lipinski definition) is 0. The summed E-state index contributed by atoms with van der Waals surface area (Å²) in [6.45, 7) is 4.82. The second-order valence-corrected chi connectivity index (χ2v) is 5.26. The molecule has 1 heterocycles. The van der Waals surface area contributed by atoms with Crippen molar-refractivity contribution in [2.24, 2.45) is 0 Å². The molecule has 2 nitrogen and oxygen atoms in total. The molecule has 1 aliphatic rings. The van der Waals surface area contributed by atoms with Gasteiger partial charge in [0.15, 0.2) is 0 Å². The fourth-order valence-electron chi connectivity index (χ4n) is 2.60. The van der Waals surface area contributed by atoms with E-state index in [9.17, 15) is 4.79 Å². The van der Waals surface area contributed by atoms with E-state index in [-0.39, 0.29) is 5.91 Å². The average Bonchev–Trinajstić information content (AvgIpc) is 2.86. The highest BCUT2D eigenvalue weighted by Gasteiger charge is 2.20. The Labute approximate surface area is 116 Å². The molecular weight excluding hydrogens is 234 g/mol. The molecule has 0 saturated carbocycles. The molecule has 1 aromatic rings. The summed E-state index contributed by atoms with van der Waals surface area (Å²) in [4.78, 5) is 13.8. The van der Waals surface area contributed by atoms with Crippen LogP contribution in [-0.2, 0) is 11.2 Å². The van der Waals surface area contributed by atoms with Gasteiger partial charge in [0, 0.05) is 18.7 Å². The zero-order chi connectivity index (χ0) is 13.5. The van der Waals surface area contributed by atoms with Crippen LogP contribution in [0.15, 0.2) is 42.6 Å². The number of allylic oxidation sites excluding steroid dienone is 1. The molecule has 0 unspecified atom stereocenters. The number of unbranched alkanes of at least 4 members (excludes halogenated alkanes) is 2. The third kappa shape index (κ3) is 4.23. The number of carbonyl (C=O) groups is 1. The van der Waals surface area contributed by atoms with Crippen molar-refractivity contribution in [3.63, 3.8) is 0 Å². The fraction of sp³-hybridized carbons (Fsp3) is 0.471. The average molecular weight is 257 g/mol. The number of benzene rings is 1. The quantitative estimate of drug-likeness (QED) is 0.707. The molecule has 0 spiro atoms. The van der Waals surface area contributed by atoms with Crippen molar-refractivity contribution in [1.29, 1.82) is 0 Å². The van der Waals surface area contributed by atoms with Crippen LogP contribution in [0.2, 0.25) is 0 Å². The molecule has 1 aromatic carbocycles. The zero-order valence-corrected chi connectivity index (χ0v) is 11.6. The summed E-state index contributed by atoms with van der Waals surface area (Å²) in [7, 11) is 0. The third-order valence-electron chi connectivity index (χ3n) is 3.73. The standard InChI is InChI=1S/C17H23NO/c1-15-9-8-14-18(15)17(19)13-7-3-6-12-16-10-4-2-5-11-16/h2,4-5,10-11H,1,3,6-9,12-14H2. The zero-order valence-electron chi connectivity index (χ0n) is 11.6. The molecule has 19 heavy (non-hydrogen) atoms. The molecule has 2 heteroatoms. The second kappa shape index (κ2) is 7.13. The van der Waals surface area contributed by atoms with E-state index in [1.165, 1.54) is 5.56 Å². The fourth-order valence-corrected chi connectivity index (χ4v) is 2.60. The van der Waals surface area contributed by atoms with Crippen LogP contribution in [0, 0.1) is 0 Å². The minimum atomic E-state index is 0.266. The third-order valence-corrected chi connectivity index (χ3v) is 3.73. The van der Waals surface area contributed by atoms with Gasteiger partial charge in [0.05, 0.1) is 0 Å². The van der Waals surface area contributed by atoms with Crippen molar-refractivity contribution in [3.8, 4) is 0 Å². The minimum Gasteiger partial charge on any atom is -0.317 e. The van der Waals surface area contributed by atoms with E-state index in [0.29, 0.717) is 6.42 Å². The van der Waals surface area contributed by atoms with Crippen molar-refractivity contribution in [3.05, 3.63) is 48.2 Å². The van der Waals surface area contributed by atoms with E-state index < -0.39 is 0 Å². The Kier molecular flexibility index (Phi) is 5.20. The van der Waals surface area contributed by atoms with Gasteiger partial charge in [-0.2, -0.15) is 0 Å². The van der Waals surface area contributed by atoms with Crippen molar-refractivity contribution in [2.75, 3.05) is 6.54 Å². The number of likely N-dealkylation sites (tertiary alicyclic amines) is 1. The molecule has 0 bridgehead atoms. The Bertz CT molecular complexity index is 424. The lowest BCUT2D eigenvalue weighted by atomic mass is 10.1. The molecule has 0 atom stereocenters. The Hall–Kier alpha value is -1.57. The lowest BCUT2D eigenvalue weighted by Crippen LogP contribution is -2.25. The Morgan fingerprint density at radius 1 is 1.16 bits per heavy atom. The van der Waals surface area contributed by atoms with Crippen LogP contribution in [0.1, 0.15) is 44.1 Å². The number of hydrogen-bond acceptors (Lipinski definition) is 1. The molecular formula is C17H23NO. The largest absolute Gasteiger partial charge is 0.317 e. The van der Waals surface area contributed by atoms with Gasteiger partial charge in [-0.15, -0.1) is 0 Å². The van der Waals surface area contributed by atoms with E-state index >= 15 is 0 Å². The van der Waals surface area contributed by atoms with Gasteiger partial charge in [0.1, 0.15) is 0 Å². The van der Waals surface area contributed by atoms with Gasteiger partial charge in [-0.05, 0) is 37.7 Å². The summed E-state index contributed by atoms with van der Waals surface area (Å²) >= 11 is 0. The molecule has 0 aliphatic carbocycles. The topological polar surface area (TPSA) is 20.3 Å². The highest BCUT2D eigenvalue weighted by Crippen LogP contribution is 2.20. The van der Waals surface area contributed by atoms with E-state index in [1.54, 1.807) is 0 Å². The normalized spacial score (nSPS) is 14.9. The number of amides is 1. The number of carbonyl (C=O) groups excluding carboxylic acids is 1. The first-order chi connectivity index (χ1) is 9.27. The summed E-state index contributed by atoms with van der Waals surface area (Å²) in [5.74, 6) is 0.266. The number of aryl methyl sites for hydroxylation is 1. The molecule has 1 fully saturated rings. The monoisotopic (exact) mass is 257 g/mol. The van der Waals surface area contributed by atoms with Crippen LogP contribution < -0.4 is 0 Å². The maximum Gasteiger partial charge on any atom is 0.226 e. The smallest absolute Gasteiger partial charge is 0.226 e. The molecule has 1 amide bonds. The summed E-state index contributed by atoms with van der Waals surface area (Å²) in [6.07, 6.45) is 7.15. The lowest BCUT2D eigenvalue weighted by molar-refractivity contribution is -0.128. The predicted molar refractivity (Wildman–Crippen MR) is 78.7 cm³/mol.